The van der Waals surface area contributed by atoms with Crippen LogP contribution in [-0.4, -0.2) is 28.4 Å². The van der Waals surface area contributed by atoms with Crippen LogP contribution in [0.4, 0.5) is 0 Å². The number of carbonyl (C=O) groups excluding carboxylic acids is 1. The molecule has 20 heavy (non-hydrogen) atoms. The minimum absolute atomic E-state index is 0.209. The van der Waals surface area contributed by atoms with Gasteiger partial charge < -0.3 is 4.74 Å². The molecular formula is C15H25N3O2. The summed E-state index contributed by atoms with van der Waals surface area (Å²) in [4.78, 5) is 11.5. The van der Waals surface area contributed by atoms with Crippen molar-refractivity contribution in [3.63, 3.8) is 0 Å². The van der Waals surface area contributed by atoms with Crippen molar-refractivity contribution < 1.29 is 9.53 Å². The van der Waals surface area contributed by atoms with Gasteiger partial charge in [-0.15, -0.1) is 0 Å². The third kappa shape index (κ3) is 4.07. The molecule has 1 heterocycles. The van der Waals surface area contributed by atoms with Gasteiger partial charge in [-0.3, -0.25) is 14.8 Å². The van der Waals surface area contributed by atoms with E-state index < -0.39 is 0 Å². The predicted octanol–water partition coefficient (Wildman–Crippen LogP) is 2.43. The van der Waals surface area contributed by atoms with E-state index in [2.05, 4.69) is 21.3 Å². The second-order valence-electron chi connectivity index (χ2n) is 5.43. The van der Waals surface area contributed by atoms with Gasteiger partial charge in [0.2, 0.25) is 0 Å². The van der Waals surface area contributed by atoms with E-state index in [-0.39, 0.29) is 12.0 Å². The van der Waals surface area contributed by atoms with Crippen molar-refractivity contribution in [3.05, 3.63) is 18.0 Å². The lowest BCUT2D eigenvalue weighted by molar-refractivity contribution is -0.145. The van der Waals surface area contributed by atoms with E-state index in [1.165, 1.54) is 32.1 Å². The van der Waals surface area contributed by atoms with Gasteiger partial charge >= 0.3 is 5.97 Å². The zero-order valence-electron chi connectivity index (χ0n) is 12.5. The van der Waals surface area contributed by atoms with Crippen LogP contribution in [0.15, 0.2) is 12.3 Å². The molecule has 2 rings (SSSR count). The highest BCUT2D eigenvalue weighted by Gasteiger charge is 2.17. The molecule has 0 amide bonds. The smallest absolute Gasteiger partial charge is 0.322 e. The second kappa shape index (κ2) is 7.43. The van der Waals surface area contributed by atoms with Crippen LogP contribution in [0.3, 0.4) is 0 Å². The van der Waals surface area contributed by atoms with Crippen molar-refractivity contribution in [1.29, 1.82) is 0 Å². The van der Waals surface area contributed by atoms with Gasteiger partial charge in [-0.2, -0.15) is 5.10 Å². The standard InChI is InChI=1S/C15H25N3O2/c1-3-20-15(19)12(2)16-11-13-9-10-18(17-13)14-7-5-4-6-8-14/h9-10,12,14,16H,3-8,11H2,1-2H3. The van der Waals surface area contributed by atoms with Gasteiger partial charge in [-0.05, 0) is 32.8 Å². The summed E-state index contributed by atoms with van der Waals surface area (Å²) in [5.74, 6) is -0.209. The SMILES string of the molecule is CCOC(=O)C(C)NCc1ccn(C2CCCCC2)n1. The van der Waals surface area contributed by atoms with Gasteiger partial charge in [0.25, 0.3) is 0 Å². The Bertz CT molecular complexity index is 425. The van der Waals surface area contributed by atoms with Crippen LogP contribution in [0.5, 0.6) is 0 Å². The Morgan fingerprint density at radius 1 is 1.50 bits per heavy atom. The van der Waals surface area contributed by atoms with E-state index in [1.807, 2.05) is 19.9 Å². The second-order valence-corrected chi connectivity index (χ2v) is 5.43. The number of nitrogens with zero attached hydrogens (tertiary/aromatic N) is 2. The average Bonchev–Trinajstić information content (AvgIpc) is 2.95. The molecule has 0 aromatic carbocycles. The summed E-state index contributed by atoms with van der Waals surface area (Å²) in [7, 11) is 0. The first kappa shape index (κ1) is 15.0. The normalized spacial score (nSPS) is 17.9. The molecule has 112 valence electrons. The van der Waals surface area contributed by atoms with E-state index in [1.54, 1.807) is 0 Å². The zero-order chi connectivity index (χ0) is 14.4. The summed E-state index contributed by atoms with van der Waals surface area (Å²) in [6, 6.07) is 2.29. The number of aromatic nitrogens is 2. The Kier molecular flexibility index (Phi) is 5.59. The third-order valence-corrected chi connectivity index (χ3v) is 3.84. The third-order valence-electron chi connectivity index (χ3n) is 3.84. The van der Waals surface area contributed by atoms with E-state index in [4.69, 9.17) is 4.74 Å². The molecule has 1 atom stereocenters. The summed E-state index contributed by atoms with van der Waals surface area (Å²) in [5, 5.41) is 7.76. The Labute approximate surface area is 120 Å². The van der Waals surface area contributed by atoms with E-state index in [0.29, 0.717) is 19.2 Å². The van der Waals surface area contributed by atoms with Crippen LogP contribution >= 0.6 is 0 Å². The van der Waals surface area contributed by atoms with Crippen molar-refractivity contribution in [2.24, 2.45) is 0 Å². The summed E-state index contributed by atoms with van der Waals surface area (Å²) < 4.78 is 7.05. The fraction of sp³-hybridized carbons (Fsp3) is 0.733. The maximum atomic E-state index is 11.5. The minimum atomic E-state index is -0.296. The molecule has 0 aliphatic heterocycles. The van der Waals surface area contributed by atoms with Gasteiger partial charge in [0.15, 0.2) is 0 Å². The molecule has 0 bridgehead atoms. The highest BCUT2D eigenvalue weighted by atomic mass is 16.5. The number of nitrogens with one attached hydrogen (secondary N) is 1. The molecule has 1 saturated carbocycles. The topological polar surface area (TPSA) is 56.1 Å². The molecule has 5 nitrogen and oxygen atoms in total. The lowest BCUT2D eigenvalue weighted by Gasteiger charge is -2.21. The predicted molar refractivity (Wildman–Crippen MR) is 77.3 cm³/mol. The van der Waals surface area contributed by atoms with Gasteiger partial charge in [0.05, 0.1) is 18.3 Å². The van der Waals surface area contributed by atoms with E-state index in [0.717, 1.165) is 5.69 Å². The van der Waals surface area contributed by atoms with Crippen molar-refractivity contribution in [3.8, 4) is 0 Å². The lowest BCUT2D eigenvalue weighted by atomic mass is 9.96. The van der Waals surface area contributed by atoms with Gasteiger partial charge in [0.1, 0.15) is 6.04 Å². The first-order valence-corrected chi connectivity index (χ1v) is 7.64. The number of esters is 1. The number of rotatable bonds is 6. The van der Waals surface area contributed by atoms with Gasteiger partial charge in [-0.25, -0.2) is 0 Å². The van der Waals surface area contributed by atoms with Gasteiger partial charge in [0, 0.05) is 12.7 Å². The molecule has 1 fully saturated rings. The van der Waals surface area contributed by atoms with Crippen LogP contribution in [0.25, 0.3) is 0 Å². The molecule has 1 N–H and O–H groups in total. The molecule has 0 radical (unpaired) electrons. The maximum Gasteiger partial charge on any atom is 0.322 e. The molecule has 0 spiro atoms. The maximum absolute atomic E-state index is 11.5. The Morgan fingerprint density at radius 2 is 2.25 bits per heavy atom. The summed E-state index contributed by atoms with van der Waals surface area (Å²) in [5.41, 5.74) is 0.978. The van der Waals surface area contributed by atoms with Crippen LogP contribution in [0.1, 0.15) is 57.7 Å². The van der Waals surface area contributed by atoms with Crippen molar-refractivity contribution >= 4 is 5.97 Å². The number of carbonyl (C=O) groups is 1. The highest BCUT2D eigenvalue weighted by Crippen LogP contribution is 2.27. The fourth-order valence-electron chi connectivity index (χ4n) is 2.63. The molecule has 0 saturated heterocycles. The summed E-state index contributed by atoms with van der Waals surface area (Å²) >= 11 is 0. The molecule has 1 aromatic heterocycles. The molecule has 5 heteroatoms. The Hall–Kier alpha value is -1.36. The average molecular weight is 279 g/mol. The van der Waals surface area contributed by atoms with Crippen molar-refractivity contribution in [2.75, 3.05) is 6.61 Å². The number of hydrogen-bond donors (Lipinski definition) is 1. The van der Waals surface area contributed by atoms with Crippen LogP contribution in [0, 0.1) is 0 Å². The van der Waals surface area contributed by atoms with Gasteiger partial charge in [-0.1, -0.05) is 19.3 Å². The molecule has 1 aliphatic rings. The van der Waals surface area contributed by atoms with Crippen LogP contribution in [0.2, 0.25) is 0 Å². The van der Waals surface area contributed by atoms with Crippen molar-refractivity contribution in [2.45, 2.75) is 64.6 Å². The monoisotopic (exact) mass is 279 g/mol. The highest BCUT2D eigenvalue weighted by molar-refractivity contribution is 5.75. The molecule has 1 unspecified atom stereocenters. The summed E-state index contributed by atoms with van der Waals surface area (Å²) in [6.45, 7) is 4.65. The van der Waals surface area contributed by atoms with Crippen LogP contribution < -0.4 is 5.32 Å². The van der Waals surface area contributed by atoms with E-state index >= 15 is 0 Å². The molecule has 1 aromatic rings. The van der Waals surface area contributed by atoms with Crippen molar-refractivity contribution in [1.82, 2.24) is 15.1 Å². The summed E-state index contributed by atoms with van der Waals surface area (Å²) in [6.07, 6.45) is 8.48. The number of hydrogen-bond acceptors (Lipinski definition) is 4. The van der Waals surface area contributed by atoms with Crippen LogP contribution in [-0.2, 0) is 16.1 Å². The number of ether oxygens (including phenoxy) is 1. The molecule has 1 aliphatic carbocycles. The largest absolute Gasteiger partial charge is 0.465 e. The Morgan fingerprint density at radius 3 is 2.95 bits per heavy atom. The lowest BCUT2D eigenvalue weighted by Crippen LogP contribution is -2.35. The van der Waals surface area contributed by atoms with E-state index in [9.17, 15) is 4.79 Å². The first-order chi connectivity index (χ1) is 9.70. The zero-order valence-corrected chi connectivity index (χ0v) is 12.5. The first-order valence-electron chi connectivity index (χ1n) is 7.64. The quantitative estimate of drug-likeness (QED) is 0.813. The fourth-order valence-corrected chi connectivity index (χ4v) is 2.63. The Balaban J connectivity index is 1.81. The molecular weight excluding hydrogens is 254 g/mol. The minimum Gasteiger partial charge on any atom is -0.465 e.